The Labute approximate surface area is 490 Å². The highest BCUT2D eigenvalue weighted by molar-refractivity contribution is 7.22. The molecular weight excluding hydrogens is 1000 g/mol. The molecule has 0 N–H and O–H groups in total. The molecule has 0 saturated carbocycles. The van der Waals surface area contributed by atoms with E-state index in [-0.39, 0.29) is 39.2 Å². The highest BCUT2D eigenvalue weighted by atomic mass is 32.1. The fourth-order valence-electron chi connectivity index (χ4n) is 11.7. The molecule has 0 spiro atoms. The van der Waals surface area contributed by atoms with E-state index in [1.54, 1.807) is 0 Å². The Kier molecular flexibility index (Phi) is 13.6. The Hall–Kier alpha value is -7.15. The third-order valence-corrected chi connectivity index (χ3v) is 18.0. The monoisotopic (exact) mass is 1080 g/mol. The van der Waals surface area contributed by atoms with Crippen molar-refractivity contribution in [1.29, 1.82) is 0 Å². The molecule has 0 aliphatic carbocycles. The third-order valence-electron chi connectivity index (χ3n) is 16.9. The van der Waals surface area contributed by atoms with Gasteiger partial charge in [-0.1, -0.05) is 239 Å². The molecule has 0 unspecified atom stereocenters. The van der Waals surface area contributed by atoms with Crippen molar-refractivity contribution in [3.05, 3.63) is 209 Å². The number of rotatable bonds is 7. The maximum absolute atomic E-state index is 5.88. The zero-order valence-corrected chi connectivity index (χ0v) is 52.3. The van der Waals surface area contributed by atoms with E-state index in [9.17, 15) is 0 Å². The van der Waals surface area contributed by atoms with Crippen LogP contribution in [0.25, 0.3) is 21.7 Å². The topological polar surface area (TPSA) is 22.6 Å². The van der Waals surface area contributed by atoms with Gasteiger partial charge in [0, 0.05) is 51.1 Å². The van der Waals surface area contributed by atoms with Gasteiger partial charge in [-0.15, -0.1) is 0 Å². The second-order valence-electron chi connectivity index (χ2n) is 29.2. The zero-order valence-electron chi connectivity index (χ0n) is 51.5. The molecule has 8 aromatic carbocycles. The van der Waals surface area contributed by atoms with Gasteiger partial charge in [0.1, 0.15) is 10.0 Å². The molecule has 0 amide bonds. The van der Waals surface area contributed by atoms with Gasteiger partial charge in [0.2, 0.25) is 0 Å². The SMILES string of the molecule is CC(C)(C)c1ccc(-c2ccc(-c3nc4c(s3)N(c3ccc(C(C)(C)C)cc3)c3cc(C(C)(C)C)cc5c3B4c3ccc(N(c4ccc(C(C)(C)C)cc4)c4ccc(C(C)(C)C)cc4)cc3N5c3ccc(C(C)(C)C)cc3)cc2)cc1. The van der Waals surface area contributed by atoms with E-state index in [1.165, 1.54) is 66.8 Å². The fraction of sp³-hybridized carbons (Fsp3) is 0.320. The second-order valence-corrected chi connectivity index (χ2v) is 30.1. The molecule has 2 aliphatic rings. The van der Waals surface area contributed by atoms with Crippen molar-refractivity contribution in [2.45, 2.75) is 157 Å². The Morgan fingerprint density at radius 2 is 0.691 bits per heavy atom. The van der Waals surface area contributed by atoms with Crippen LogP contribution in [0, 0.1) is 0 Å². The van der Waals surface area contributed by atoms with Crippen LogP contribution in [-0.2, 0) is 32.5 Å². The second kappa shape index (κ2) is 19.8. The van der Waals surface area contributed by atoms with Crippen LogP contribution in [0.15, 0.2) is 176 Å². The lowest BCUT2D eigenvalue weighted by atomic mass is 9.35. The first-order chi connectivity index (χ1) is 37.9. The fourth-order valence-corrected chi connectivity index (χ4v) is 12.8. The maximum atomic E-state index is 5.88. The van der Waals surface area contributed by atoms with Crippen molar-refractivity contribution in [3.63, 3.8) is 0 Å². The van der Waals surface area contributed by atoms with Gasteiger partial charge < -0.3 is 14.7 Å². The number of hydrogen-bond donors (Lipinski definition) is 0. The van der Waals surface area contributed by atoms with Crippen molar-refractivity contribution in [2.75, 3.05) is 14.7 Å². The van der Waals surface area contributed by atoms with E-state index < -0.39 is 0 Å². The van der Waals surface area contributed by atoms with Crippen LogP contribution >= 0.6 is 11.3 Å². The summed E-state index contributed by atoms with van der Waals surface area (Å²) < 4.78 is 0. The Bertz CT molecular complexity index is 3710. The van der Waals surface area contributed by atoms with Crippen LogP contribution in [0.5, 0.6) is 0 Å². The summed E-state index contributed by atoms with van der Waals surface area (Å²) in [6, 6.07) is 67.6. The number of anilines is 9. The quantitative estimate of drug-likeness (QED) is 0.148. The lowest BCUT2D eigenvalue weighted by Gasteiger charge is -2.44. The highest BCUT2D eigenvalue weighted by Crippen LogP contribution is 2.50. The van der Waals surface area contributed by atoms with Gasteiger partial charge in [0.25, 0.3) is 6.71 Å². The number of thiazole rings is 1. The van der Waals surface area contributed by atoms with Crippen molar-refractivity contribution < 1.29 is 0 Å². The molecule has 0 bridgehead atoms. The summed E-state index contributed by atoms with van der Waals surface area (Å²) in [4.78, 5) is 13.5. The molecule has 0 atom stereocenters. The Morgan fingerprint density at radius 3 is 1.11 bits per heavy atom. The summed E-state index contributed by atoms with van der Waals surface area (Å²) in [7, 11) is 0. The minimum Gasteiger partial charge on any atom is -0.311 e. The molecule has 3 heterocycles. The first kappa shape index (κ1) is 55.7. The van der Waals surface area contributed by atoms with Crippen molar-refractivity contribution in [2.24, 2.45) is 0 Å². The van der Waals surface area contributed by atoms with Crippen LogP contribution < -0.4 is 31.2 Å². The minimum absolute atomic E-state index is 0.00666. The lowest BCUT2D eigenvalue weighted by Crippen LogP contribution is -2.61. The molecular formula is C75H83BN4S. The van der Waals surface area contributed by atoms with E-state index in [0.29, 0.717) is 0 Å². The Balaban J connectivity index is 1.17. The lowest BCUT2D eigenvalue weighted by molar-refractivity contribution is 0.589. The number of aromatic nitrogens is 1. The summed E-state index contributed by atoms with van der Waals surface area (Å²) in [6.45, 7) is 41.3. The van der Waals surface area contributed by atoms with E-state index in [1.807, 2.05) is 11.3 Å². The van der Waals surface area contributed by atoms with E-state index in [0.717, 1.165) is 55.3 Å². The van der Waals surface area contributed by atoms with Gasteiger partial charge >= 0.3 is 0 Å². The number of hydrogen-bond acceptors (Lipinski definition) is 5. The van der Waals surface area contributed by atoms with Crippen LogP contribution in [-0.4, -0.2) is 11.7 Å². The summed E-state index contributed by atoms with van der Waals surface area (Å²) in [6.07, 6.45) is 0. The number of fused-ring (bicyclic) bond motifs is 4. The molecule has 11 rings (SSSR count). The van der Waals surface area contributed by atoms with Gasteiger partial charge in [0.15, 0.2) is 0 Å². The van der Waals surface area contributed by atoms with Crippen molar-refractivity contribution in [1.82, 2.24) is 4.98 Å². The summed E-state index contributed by atoms with van der Waals surface area (Å²) in [5.74, 6) is 0. The molecule has 4 nitrogen and oxygen atoms in total. The molecule has 0 fully saturated rings. The first-order valence-electron chi connectivity index (χ1n) is 29.3. The molecule has 0 radical (unpaired) electrons. The average molecular weight is 1080 g/mol. The zero-order chi connectivity index (χ0) is 57.9. The summed E-state index contributed by atoms with van der Waals surface area (Å²) in [5.41, 5.74) is 24.1. The standard InChI is InChI=1S/C75H83BN4S/c1-70(2,3)51-25-23-49(24-26-51)48-19-21-50(22-20-48)68-77-67-69(81-68)80(60-41-33-55(34-42-60)74(13,14)15)65-46-56(75(16,17)18)45-64-66(65)76(67)62-44-43-61(47-63(62)79(64)59-39-31-54(32-40-59)73(10,11)12)78(57-35-27-52(28-36-57)71(4,5)6)58-37-29-53(30-38-58)72(7,8)9/h19-47H,1-18H3. The predicted molar refractivity (Wildman–Crippen MR) is 354 cm³/mol. The van der Waals surface area contributed by atoms with E-state index in [2.05, 4.69) is 315 Å². The van der Waals surface area contributed by atoms with Crippen LogP contribution in [0.4, 0.5) is 50.5 Å². The molecule has 2 aliphatic heterocycles. The number of benzene rings is 8. The third kappa shape index (κ3) is 10.6. The maximum Gasteiger partial charge on any atom is 0.276 e. The summed E-state index contributed by atoms with van der Waals surface area (Å²) in [5, 5.41) is 2.17. The minimum atomic E-state index is -0.171. The number of nitrogens with zero attached hydrogens (tertiary/aromatic N) is 4. The highest BCUT2D eigenvalue weighted by Gasteiger charge is 2.47. The van der Waals surface area contributed by atoms with E-state index >= 15 is 0 Å². The largest absolute Gasteiger partial charge is 0.311 e. The molecule has 9 aromatic rings. The normalized spacial score (nSPS) is 13.7. The molecule has 0 saturated heterocycles. The first-order valence-corrected chi connectivity index (χ1v) is 30.1. The summed E-state index contributed by atoms with van der Waals surface area (Å²) >= 11 is 1.81. The van der Waals surface area contributed by atoms with Crippen molar-refractivity contribution in [3.8, 4) is 21.7 Å². The van der Waals surface area contributed by atoms with E-state index in [4.69, 9.17) is 4.98 Å². The van der Waals surface area contributed by atoms with Crippen molar-refractivity contribution >= 4 is 85.1 Å². The molecule has 1 aromatic heterocycles. The van der Waals surface area contributed by atoms with Gasteiger partial charge in [-0.05, 0) is 161 Å². The van der Waals surface area contributed by atoms with Gasteiger partial charge in [-0.3, -0.25) is 0 Å². The van der Waals surface area contributed by atoms with Crippen LogP contribution in [0.3, 0.4) is 0 Å². The van der Waals surface area contributed by atoms with Gasteiger partial charge in [0.05, 0.1) is 5.59 Å². The van der Waals surface area contributed by atoms with Crippen LogP contribution in [0.1, 0.15) is 158 Å². The van der Waals surface area contributed by atoms with Gasteiger partial charge in [-0.2, -0.15) is 0 Å². The molecule has 81 heavy (non-hydrogen) atoms. The van der Waals surface area contributed by atoms with Crippen LogP contribution in [0.2, 0.25) is 0 Å². The predicted octanol–water partition coefficient (Wildman–Crippen LogP) is 19.8. The van der Waals surface area contributed by atoms with Gasteiger partial charge in [-0.25, -0.2) is 4.98 Å². The smallest absolute Gasteiger partial charge is 0.276 e. The molecule has 412 valence electrons. The average Bonchev–Trinajstić information content (AvgIpc) is 3.88. The molecule has 6 heteroatoms. The Morgan fingerprint density at radius 1 is 0.346 bits per heavy atom.